The van der Waals surface area contributed by atoms with Gasteiger partial charge in [-0.25, -0.2) is 4.98 Å². The van der Waals surface area contributed by atoms with Gasteiger partial charge in [-0.05, 0) is 23.8 Å². The second-order valence-electron chi connectivity index (χ2n) is 5.28. The van der Waals surface area contributed by atoms with Crippen LogP contribution in [0, 0.1) is 12.3 Å². The van der Waals surface area contributed by atoms with E-state index < -0.39 is 0 Å². The van der Waals surface area contributed by atoms with Gasteiger partial charge in [-0.3, -0.25) is 0 Å². The maximum atomic E-state index is 6.26. The molecule has 2 nitrogen and oxygen atoms in total. The molecule has 0 spiro atoms. The lowest BCUT2D eigenvalue weighted by molar-refractivity contribution is 0.326. The van der Waals surface area contributed by atoms with Gasteiger partial charge in [0.2, 0.25) is 0 Å². The Morgan fingerprint density at radius 2 is 2.06 bits per heavy atom. The van der Waals surface area contributed by atoms with Crippen molar-refractivity contribution in [2.75, 3.05) is 0 Å². The van der Waals surface area contributed by atoms with Crippen molar-refractivity contribution < 1.29 is 0 Å². The van der Waals surface area contributed by atoms with Gasteiger partial charge in [0.25, 0.3) is 0 Å². The number of nitrogens with zero attached hydrogens (tertiary/aromatic N) is 1. The minimum atomic E-state index is -0.0000813. The Balaban J connectivity index is 2.38. The summed E-state index contributed by atoms with van der Waals surface area (Å²) in [4.78, 5) is 7.20. The number of hydrogen-bond donors (Lipinski definition) is 1. The molecule has 1 atom stereocenters. The molecule has 1 unspecified atom stereocenters. The van der Waals surface area contributed by atoms with Crippen LogP contribution in [0.5, 0.6) is 0 Å². The van der Waals surface area contributed by atoms with Gasteiger partial charge in [0.1, 0.15) is 5.01 Å². The van der Waals surface area contributed by atoms with Crippen molar-refractivity contribution in [2.24, 2.45) is 11.1 Å². The largest absolute Gasteiger partial charge is 0.322 e. The summed E-state index contributed by atoms with van der Waals surface area (Å²) in [6.45, 7) is 8.57. The number of hydrogen-bond acceptors (Lipinski definition) is 4. The van der Waals surface area contributed by atoms with Gasteiger partial charge >= 0.3 is 0 Å². The lowest BCUT2D eigenvalue weighted by Crippen LogP contribution is -2.26. The highest BCUT2D eigenvalue weighted by Gasteiger charge is 2.26. The van der Waals surface area contributed by atoms with E-state index in [9.17, 15) is 0 Å². The summed E-state index contributed by atoms with van der Waals surface area (Å²) in [5.41, 5.74) is 7.41. The fourth-order valence-corrected chi connectivity index (χ4v) is 3.58. The van der Waals surface area contributed by atoms with Crippen LogP contribution in [0.3, 0.4) is 0 Å². The van der Waals surface area contributed by atoms with Gasteiger partial charge in [-0.15, -0.1) is 22.7 Å². The maximum Gasteiger partial charge on any atom is 0.111 e. The zero-order valence-corrected chi connectivity index (χ0v) is 12.3. The molecule has 2 rings (SSSR count). The second kappa shape index (κ2) is 4.52. The minimum Gasteiger partial charge on any atom is -0.322 e. The Labute approximate surface area is 111 Å². The Kier molecular flexibility index (Phi) is 3.39. The molecule has 0 saturated carbocycles. The lowest BCUT2D eigenvalue weighted by atomic mass is 9.88. The van der Waals surface area contributed by atoms with Gasteiger partial charge < -0.3 is 5.73 Å². The normalized spacial score (nSPS) is 13.9. The van der Waals surface area contributed by atoms with E-state index in [1.807, 2.05) is 0 Å². The first-order valence-electron chi connectivity index (χ1n) is 5.66. The molecule has 2 heterocycles. The number of aryl methyl sites for hydroxylation is 1. The van der Waals surface area contributed by atoms with E-state index in [4.69, 9.17) is 10.7 Å². The Morgan fingerprint density at radius 3 is 2.59 bits per heavy atom. The summed E-state index contributed by atoms with van der Waals surface area (Å²) < 4.78 is 0. The van der Waals surface area contributed by atoms with Crippen LogP contribution in [0.1, 0.15) is 36.7 Å². The Morgan fingerprint density at radius 1 is 1.35 bits per heavy atom. The van der Waals surface area contributed by atoms with Crippen molar-refractivity contribution in [3.8, 4) is 10.6 Å². The van der Waals surface area contributed by atoms with E-state index in [1.165, 1.54) is 9.75 Å². The average Bonchev–Trinajstić information content (AvgIpc) is 2.83. The smallest absolute Gasteiger partial charge is 0.111 e. The first-order valence-corrected chi connectivity index (χ1v) is 7.36. The van der Waals surface area contributed by atoms with Crippen LogP contribution in [0.4, 0.5) is 0 Å². The third kappa shape index (κ3) is 2.59. The molecule has 4 heteroatoms. The van der Waals surface area contributed by atoms with E-state index in [0.29, 0.717) is 0 Å². The van der Waals surface area contributed by atoms with Gasteiger partial charge in [0, 0.05) is 4.88 Å². The second-order valence-corrected chi connectivity index (χ2v) is 7.46. The van der Waals surface area contributed by atoms with Crippen molar-refractivity contribution in [3.63, 3.8) is 0 Å². The van der Waals surface area contributed by atoms with Crippen molar-refractivity contribution in [1.29, 1.82) is 0 Å². The molecule has 0 radical (unpaired) electrons. The monoisotopic (exact) mass is 266 g/mol. The molecule has 2 aromatic heterocycles. The molecule has 0 aliphatic carbocycles. The Bertz CT molecular complexity index is 492. The summed E-state index contributed by atoms with van der Waals surface area (Å²) in [7, 11) is 0. The SMILES string of the molecule is Cc1sc(C(N)C(C)(C)C)nc1-c1cccs1. The highest BCUT2D eigenvalue weighted by molar-refractivity contribution is 7.15. The third-order valence-corrected chi connectivity index (χ3v) is 4.70. The summed E-state index contributed by atoms with van der Waals surface area (Å²) in [6, 6.07) is 4.17. The van der Waals surface area contributed by atoms with E-state index >= 15 is 0 Å². The summed E-state index contributed by atoms with van der Waals surface area (Å²) in [5, 5.41) is 3.12. The predicted molar refractivity (Wildman–Crippen MR) is 76.5 cm³/mol. The molecule has 92 valence electrons. The quantitative estimate of drug-likeness (QED) is 0.883. The molecule has 17 heavy (non-hydrogen) atoms. The molecular formula is C13H18N2S2. The van der Waals surface area contributed by atoms with Crippen LogP contribution in [-0.2, 0) is 0 Å². The maximum absolute atomic E-state index is 6.26. The molecule has 0 amide bonds. The molecule has 2 aromatic rings. The van der Waals surface area contributed by atoms with Crippen LogP contribution in [0.25, 0.3) is 10.6 Å². The van der Waals surface area contributed by atoms with Crippen molar-refractivity contribution in [3.05, 3.63) is 27.4 Å². The number of rotatable bonds is 2. The Hall–Kier alpha value is -0.710. The van der Waals surface area contributed by atoms with E-state index in [1.54, 1.807) is 22.7 Å². The van der Waals surface area contributed by atoms with Crippen LogP contribution < -0.4 is 5.73 Å². The highest BCUT2D eigenvalue weighted by Crippen LogP contribution is 2.37. The van der Waals surface area contributed by atoms with Gasteiger partial charge in [0.05, 0.1) is 16.6 Å². The van der Waals surface area contributed by atoms with Crippen LogP contribution in [0.2, 0.25) is 0 Å². The fourth-order valence-electron chi connectivity index (χ4n) is 1.56. The topological polar surface area (TPSA) is 38.9 Å². The number of thiophene rings is 1. The van der Waals surface area contributed by atoms with Crippen LogP contribution in [-0.4, -0.2) is 4.98 Å². The van der Waals surface area contributed by atoms with E-state index in [-0.39, 0.29) is 11.5 Å². The van der Waals surface area contributed by atoms with E-state index in [0.717, 1.165) is 10.7 Å². The first-order chi connectivity index (χ1) is 7.89. The molecule has 0 bridgehead atoms. The minimum absolute atomic E-state index is 0.0000813. The van der Waals surface area contributed by atoms with Gasteiger partial charge in [0.15, 0.2) is 0 Å². The van der Waals surface area contributed by atoms with Crippen LogP contribution >= 0.6 is 22.7 Å². The first kappa shape index (κ1) is 12.7. The molecule has 0 fully saturated rings. The number of nitrogens with two attached hydrogens (primary N) is 1. The zero-order chi connectivity index (χ0) is 12.6. The molecule has 0 saturated heterocycles. The van der Waals surface area contributed by atoms with Gasteiger partial charge in [-0.2, -0.15) is 0 Å². The van der Waals surface area contributed by atoms with E-state index in [2.05, 4.69) is 45.2 Å². The standard InChI is InChI=1S/C13H18N2S2/c1-8-10(9-6-5-7-16-9)15-12(17-8)11(14)13(2,3)4/h5-7,11H,14H2,1-4H3. The van der Waals surface area contributed by atoms with Crippen molar-refractivity contribution >= 4 is 22.7 Å². The summed E-state index contributed by atoms with van der Waals surface area (Å²) in [5.74, 6) is 0. The van der Waals surface area contributed by atoms with Crippen molar-refractivity contribution in [2.45, 2.75) is 33.7 Å². The summed E-state index contributed by atoms with van der Waals surface area (Å²) >= 11 is 3.44. The molecule has 2 N–H and O–H groups in total. The highest BCUT2D eigenvalue weighted by atomic mass is 32.1. The lowest BCUT2D eigenvalue weighted by Gasteiger charge is -2.24. The number of thiazole rings is 1. The molecule has 0 aliphatic heterocycles. The molecule has 0 aliphatic rings. The van der Waals surface area contributed by atoms with Crippen LogP contribution in [0.15, 0.2) is 17.5 Å². The average molecular weight is 266 g/mol. The predicted octanol–water partition coefficient (Wildman–Crippen LogP) is 4.23. The summed E-state index contributed by atoms with van der Waals surface area (Å²) in [6.07, 6.45) is 0. The third-order valence-electron chi connectivity index (χ3n) is 2.77. The zero-order valence-electron chi connectivity index (χ0n) is 10.7. The molecular weight excluding hydrogens is 248 g/mol. The van der Waals surface area contributed by atoms with Gasteiger partial charge in [-0.1, -0.05) is 26.8 Å². The molecule has 0 aromatic carbocycles. The number of aromatic nitrogens is 1. The van der Waals surface area contributed by atoms with Crippen molar-refractivity contribution in [1.82, 2.24) is 4.98 Å². The fraction of sp³-hybridized carbons (Fsp3) is 0.462.